The van der Waals surface area contributed by atoms with Crippen molar-refractivity contribution in [1.29, 1.82) is 0 Å². The van der Waals surface area contributed by atoms with Crippen LogP contribution in [0.2, 0.25) is 5.02 Å². The number of hydrogen-bond acceptors (Lipinski definition) is 3. The second kappa shape index (κ2) is 8.75. The second-order valence-electron chi connectivity index (χ2n) is 5.61. The summed E-state index contributed by atoms with van der Waals surface area (Å²) >= 11 is 5.77. The van der Waals surface area contributed by atoms with Crippen molar-refractivity contribution < 1.29 is 18.4 Å². The molecular weight excluding hydrogens is 366 g/mol. The first-order valence-electron chi connectivity index (χ1n) is 8.17. The molecule has 0 bridgehead atoms. The summed E-state index contributed by atoms with van der Waals surface area (Å²) < 4.78 is 26.4. The van der Waals surface area contributed by atoms with Crippen LogP contribution in [0.1, 0.15) is 47.5 Å². The van der Waals surface area contributed by atoms with Crippen molar-refractivity contribution in [1.82, 2.24) is 15.1 Å². The predicted octanol–water partition coefficient (Wildman–Crippen LogP) is 3.86. The number of nitrogens with one attached hydrogen (secondary N) is 2. The lowest BCUT2D eigenvalue weighted by Gasteiger charge is -2.19. The van der Waals surface area contributed by atoms with Crippen LogP contribution in [-0.2, 0) is 0 Å². The Morgan fingerprint density at radius 3 is 2.58 bits per heavy atom. The zero-order valence-corrected chi connectivity index (χ0v) is 15.2. The molecule has 1 aromatic carbocycles. The Hall–Kier alpha value is -2.48. The number of aromatic nitrogens is 2. The highest BCUT2D eigenvalue weighted by molar-refractivity contribution is 6.34. The van der Waals surface area contributed by atoms with Gasteiger partial charge in [0.15, 0.2) is 17.5 Å². The molecule has 0 aliphatic rings. The molecule has 2 N–H and O–H groups in total. The average molecular weight is 385 g/mol. The van der Waals surface area contributed by atoms with Gasteiger partial charge in [-0.2, -0.15) is 5.10 Å². The highest BCUT2D eigenvalue weighted by Crippen LogP contribution is 2.21. The van der Waals surface area contributed by atoms with Gasteiger partial charge < -0.3 is 10.2 Å². The van der Waals surface area contributed by atoms with Gasteiger partial charge >= 0.3 is 0 Å². The Balaban J connectivity index is 2.11. The van der Waals surface area contributed by atoms with E-state index in [0.717, 1.165) is 18.9 Å². The van der Waals surface area contributed by atoms with Crippen molar-refractivity contribution in [3.8, 4) is 0 Å². The van der Waals surface area contributed by atoms with Crippen molar-refractivity contribution >= 4 is 29.2 Å². The van der Waals surface area contributed by atoms with Gasteiger partial charge in [0, 0.05) is 19.2 Å². The molecule has 0 fully saturated rings. The molecule has 0 aliphatic carbocycles. The van der Waals surface area contributed by atoms with Gasteiger partial charge in [-0.05, 0) is 25.5 Å². The monoisotopic (exact) mass is 384 g/mol. The highest BCUT2D eigenvalue weighted by atomic mass is 35.5. The van der Waals surface area contributed by atoms with Crippen LogP contribution in [0.25, 0.3) is 0 Å². The van der Waals surface area contributed by atoms with E-state index in [1.54, 1.807) is 4.90 Å². The van der Waals surface area contributed by atoms with Gasteiger partial charge in [-0.3, -0.25) is 14.7 Å². The van der Waals surface area contributed by atoms with Gasteiger partial charge in [-0.15, -0.1) is 0 Å². The molecule has 0 saturated carbocycles. The summed E-state index contributed by atoms with van der Waals surface area (Å²) in [5, 5.41) is 8.58. The lowest BCUT2D eigenvalue weighted by molar-refractivity contribution is 0.0756. The number of halogens is 3. The number of rotatable bonds is 7. The van der Waals surface area contributed by atoms with Gasteiger partial charge in [0.05, 0.1) is 10.6 Å². The minimum absolute atomic E-state index is 0.0747. The first-order chi connectivity index (χ1) is 12.4. The Labute approximate surface area is 154 Å². The van der Waals surface area contributed by atoms with Crippen LogP contribution < -0.4 is 5.32 Å². The molecule has 2 amide bonds. The third-order valence-electron chi connectivity index (χ3n) is 3.75. The number of aromatic amines is 1. The van der Waals surface area contributed by atoms with Crippen LogP contribution in [0, 0.1) is 11.6 Å². The smallest absolute Gasteiger partial charge is 0.271 e. The fourth-order valence-corrected chi connectivity index (χ4v) is 2.53. The standard InChI is InChI=1S/C17H19ClF2N4O2/c1-3-5-6-24(4-2)17(26)14-9-15(23-22-14)21-16(25)10-7-12(19)13(20)8-11(10)18/h7-9H,3-6H2,1-2H3,(H2,21,22,23,25). The summed E-state index contributed by atoms with van der Waals surface area (Å²) in [6.45, 7) is 5.07. The molecule has 0 spiro atoms. The van der Waals surface area contributed by atoms with Gasteiger partial charge in [0.2, 0.25) is 0 Å². The molecule has 1 heterocycles. The van der Waals surface area contributed by atoms with Crippen molar-refractivity contribution in [3.05, 3.63) is 46.1 Å². The van der Waals surface area contributed by atoms with E-state index in [1.165, 1.54) is 6.07 Å². The van der Waals surface area contributed by atoms with Crippen LogP contribution >= 0.6 is 11.6 Å². The fraction of sp³-hybridized carbons (Fsp3) is 0.353. The fourth-order valence-electron chi connectivity index (χ4n) is 2.30. The summed E-state index contributed by atoms with van der Waals surface area (Å²) in [4.78, 5) is 26.3. The van der Waals surface area contributed by atoms with E-state index in [1.807, 2.05) is 13.8 Å². The summed E-state index contributed by atoms with van der Waals surface area (Å²) in [5.74, 6) is -3.26. The molecule has 9 heteroatoms. The van der Waals surface area contributed by atoms with Crippen LogP contribution in [-0.4, -0.2) is 40.0 Å². The topological polar surface area (TPSA) is 78.1 Å². The Kier molecular flexibility index (Phi) is 6.68. The first kappa shape index (κ1) is 19.8. The SMILES string of the molecule is CCCCN(CC)C(=O)c1cc(NC(=O)c2cc(F)c(F)cc2Cl)n[nH]1. The Bertz CT molecular complexity index is 810. The first-order valence-corrected chi connectivity index (χ1v) is 8.55. The van der Waals surface area contributed by atoms with Crippen molar-refractivity contribution in [2.45, 2.75) is 26.7 Å². The molecule has 2 rings (SSSR count). The van der Waals surface area contributed by atoms with E-state index >= 15 is 0 Å². The number of H-pyrrole nitrogens is 1. The number of carbonyl (C=O) groups excluding carboxylic acids is 2. The van der Waals surface area contributed by atoms with E-state index in [0.29, 0.717) is 19.2 Å². The van der Waals surface area contributed by atoms with E-state index in [2.05, 4.69) is 15.5 Å². The van der Waals surface area contributed by atoms with Crippen LogP contribution in [0.3, 0.4) is 0 Å². The van der Waals surface area contributed by atoms with Crippen LogP contribution in [0.5, 0.6) is 0 Å². The number of unbranched alkanes of at least 4 members (excludes halogenated alkanes) is 1. The van der Waals surface area contributed by atoms with E-state index < -0.39 is 17.5 Å². The normalized spacial score (nSPS) is 10.7. The van der Waals surface area contributed by atoms with Gasteiger partial charge in [-0.25, -0.2) is 8.78 Å². The lowest BCUT2D eigenvalue weighted by Crippen LogP contribution is -2.32. The average Bonchev–Trinajstić information content (AvgIpc) is 3.06. The third-order valence-corrected chi connectivity index (χ3v) is 4.07. The number of benzene rings is 1. The molecule has 140 valence electrons. The van der Waals surface area contributed by atoms with Gasteiger partial charge in [-0.1, -0.05) is 24.9 Å². The summed E-state index contributed by atoms with van der Waals surface area (Å²) in [7, 11) is 0. The molecule has 0 saturated heterocycles. The number of hydrogen-bond donors (Lipinski definition) is 2. The van der Waals surface area contributed by atoms with E-state index in [9.17, 15) is 18.4 Å². The van der Waals surface area contributed by atoms with Crippen LogP contribution in [0.4, 0.5) is 14.6 Å². The highest BCUT2D eigenvalue weighted by Gasteiger charge is 2.19. The summed E-state index contributed by atoms with van der Waals surface area (Å²) in [5.41, 5.74) is -0.0192. The zero-order valence-electron chi connectivity index (χ0n) is 14.4. The summed E-state index contributed by atoms with van der Waals surface area (Å²) in [6.07, 6.45) is 1.84. The zero-order chi connectivity index (χ0) is 19.3. The van der Waals surface area contributed by atoms with Crippen molar-refractivity contribution in [2.75, 3.05) is 18.4 Å². The Morgan fingerprint density at radius 2 is 1.92 bits per heavy atom. The molecule has 0 unspecified atom stereocenters. The molecule has 0 aliphatic heterocycles. The maximum atomic E-state index is 13.3. The van der Waals surface area contributed by atoms with E-state index in [-0.39, 0.29) is 28.0 Å². The lowest BCUT2D eigenvalue weighted by atomic mass is 10.2. The van der Waals surface area contributed by atoms with Gasteiger partial charge in [0.1, 0.15) is 5.69 Å². The number of nitrogens with zero attached hydrogens (tertiary/aromatic N) is 2. The van der Waals surface area contributed by atoms with Crippen molar-refractivity contribution in [3.63, 3.8) is 0 Å². The molecule has 26 heavy (non-hydrogen) atoms. The maximum Gasteiger partial charge on any atom is 0.271 e. The third kappa shape index (κ3) is 4.57. The van der Waals surface area contributed by atoms with E-state index in [4.69, 9.17) is 11.6 Å². The minimum Gasteiger partial charge on any atom is -0.338 e. The minimum atomic E-state index is -1.19. The maximum absolute atomic E-state index is 13.3. The molecule has 2 aromatic rings. The van der Waals surface area contributed by atoms with Gasteiger partial charge in [0.25, 0.3) is 11.8 Å². The predicted molar refractivity (Wildman–Crippen MR) is 94.4 cm³/mol. The summed E-state index contributed by atoms with van der Waals surface area (Å²) in [6, 6.07) is 2.80. The van der Waals surface area contributed by atoms with Crippen LogP contribution in [0.15, 0.2) is 18.2 Å². The molecular formula is C17H19ClF2N4O2. The molecule has 0 radical (unpaired) electrons. The molecule has 0 atom stereocenters. The number of carbonyl (C=O) groups is 2. The molecule has 1 aromatic heterocycles. The Morgan fingerprint density at radius 1 is 1.23 bits per heavy atom. The number of amides is 2. The van der Waals surface area contributed by atoms with Crippen molar-refractivity contribution in [2.24, 2.45) is 0 Å². The molecule has 6 nitrogen and oxygen atoms in total. The number of anilines is 1. The quantitative estimate of drug-likeness (QED) is 0.711. The largest absolute Gasteiger partial charge is 0.338 e. The second-order valence-corrected chi connectivity index (χ2v) is 6.01.